The number of sulfonamides is 1. The fourth-order valence-electron chi connectivity index (χ4n) is 1.97. The summed E-state index contributed by atoms with van der Waals surface area (Å²) in [5.74, 6) is -0.409. The predicted octanol–water partition coefficient (Wildman–Crippen LogP) is 2.37. The van der Waals surface area contributed by atoms with E-state index in [1.807, 2.05) is 16.9 Å². The molecule has 1 N–H and O–H groups in total. The average molecular weight is 322 g/mol. The molecule has 2 aromatic rings. The van der Waals surface area contributed by atoms with Gasteiger partial charge in [0, 0.05) is 0 Å². The van der Waals surface area contributed by atoms with Crippen LogP contribution in [0.1, 0.15) is 47.1 Å². The van der Waals surface area contributed by atoms with Gasteiger partial charge in [-0.15, -0.1) is 0 Å². The monoisotopic (exact) mass is 322 g/mol. The number of hydrogen-bond acceptors (Lipinski definition) is 5. The molecule has 2 rings (SSSR count). The van der Waals surface area contributed by atoms with Gasteiger partial charge in [0.05, 0.1) is 5.75 Å². The van der Waals surface area contributed by atoms with E-state index in [4.69, 9.17) is 4.42 Å². The van der Waals surface area contributed by atoms with E-state index in [1.165, 1.54) is 0 Å². The molecule has 118 valence electrons. The Kier molecular flexibility index (Phi) is 4.65. The first-order chi connectivity index (χ1) is 10.3. The molecule has 7 heteroatoms. The molecule has 1 heterocycles. The number of aryl methyl sites for hydroxylation is 1. The van der Waals surface area contributed by atoms with Crippen molar-refractivity contribution in [1.82, 2.24) is 9.71 Å². The quantitative estimate of drug-likeness (QED) is 0.913. The van der Waals surface area contributed by atoms with Gasteiger partial charge in [-0.1, -0.05) is 38.1 Å². The number of hydrogen-bond donors (Lipinski definition) is 1. The summed E-state index contributed by atoms with van der Waals surface area (Å²) in [5.41, 5.74) is 1.71. The summed E-state index contributed by atoms with van der Waals surface area (Å²) in [4.78, 5) is 15.6. The maximum absolute atomic E-state index is 12.0. The highest BCUT2D eigenvalue weighted by Crippen LogP contribution is 2.16. The average Bonchev–Trinajstić information content (AvgIpc) is 2.84. The lowest BCUT2D eigenvalue weighted by Gasteiger charge is -2.08. The number of benzene rings is 1. The van der Waals surface area contributed by atoms with Crippen molar-refractivity contribution in [1.29, 1.82) is 0 Å². The summed E-state index contributed by atoms with van der Waals surface area (Å²) in [6, 6.07) is 7.28. The third-order valence-electron chi connectivity index (χ3n) is 3.21. The van der Waals surface area contributed by atoms with Gasteiger partial charge in [0.1, 0.15) is 5.76 Å². The molecule has 0 fully saturated rings. The first-order valence-electron chi connectivity index (χ1n) is 6.82. The third kappa shape index (κ3) is 3.94. The van der Waals surface area contributed by atoms with Crippen molar-refractivity contribution >= 4 is 15.9 Å². The second kappa shape index (κ2) is 6.31. The zero-order chi connectivity index (χ0) is 16.3. The van der Waals surface area contributed by atoms with Crippen LogP contribution in [0, 0.1) is 6.92 Å². The van der Waals surface area contributed by atoms with Crippen molar-refractivity contribution in [3.63, 3.8) is 0 Å². The first kappa shape index (κ1) is 16.2. The smallest absolute Gasteiger partial charge is 0.286 e. The summed E-state index contributed by atoms with van der Waals surface area (Å²) in [6.07, 6.45) is 1.10. The third-order valence-corrected chi connectivity index (χ3v) is 4.42. The van der Waals surface area contributed by atoms with Gasteiger partial charge in [-0.2, -0.15) is 0 Å². The summed E-state index contributed by atoms with van der Waals surface area (Å²) >= 11 is 0. The zero-order valence-corrected chi connectivity index (χ0v) is 13.5. The SMILES string of the molecule is Cc1ocnc1C(=O)NS(=O)(=O)Cc1ccc(C(C)C)cc1. The molecule has 0 unspecified atom stereocenters. The van der Waals surface area contributed by atoms with Crippen LogP contribution in [0.5, 0.6) is 0 Å². The number of nitrogens with one attached hydrogen (secondary N) is 1. The molecule has 0 aliphatic heterocycles. The van der Waals surface area contributed by atoms with Gasteiger partial charge in [-0.3, -0.25) is 4.79 Å². The van der Waals surface area contributed by atoms with Crippen LogP contribution in [-0.2, 0) is 15.8 Å². The maximum atomic E-state index is 12.0. The molecule has 1 aromatic heterocycles. The van der Waals surface area contributed by atoms with Crippen molar-refractivity contribution in [2.75, 3.05) is 0 Å². The highest BCUT2D eigenvalue weighted by atomic mass is 32.2. The van der Waals surface area contributed by atoms with Crippen molar-refractivity contribution in [2.24, 2.45) is 0 Å². The Morgan fingerprint density at radius 2 is 1.91 bits per heavy atom. The molecule has 0 aliphatic rings. The summed E-state index contributed by atoms with van der Waals surface area (Å²) < 4.78 is 31.0. The minimum Gasteiger partial charge on any atom is -0.448 e. The number of carbonyl (C=O) groups excluding carboxylic acids is 1. The molecule has 0 saturated heterocycles. The molecule has 0 saturated carbocycles. The molecular formula is C15H18N2O4S. The molecule has 0 radical (unpaired) electrons. The Hall–Kier alpha value is -2.15. The van der Waals surface area contributed by atoms with Crippen LogP contribution in [0.4, 0.5) is 0 Å². The van der Waals surface area contributed by atoms with Crippen LogP contribution in [0.15, 0.2) is 35.1 Å². The van der Waals surface area contributed by atoms with Gasteiger partial charge in [0.15, 0.2) is 12.1 Å². The van der Waals surface area contributed by atoms with Crippen LogP contribution < -0.4 is 4.72 Å². The fourth-order valence-corrected chi connectivity index (χ4v) is 3.05. The highest BCUT2D eigenvalue weighted by Gasteiger charge is 2.20. The van der Waals surface area contributed by atoms with Crippen LogP contribution in [0.25, 0.3) is 0 Å². The summed E-state index contributed by atoms with van der Waals surface area (Å²) in [6.45, 7) is 5.66. The molecular weight excluding hydrogens is 304 g/mol. The van der Waals surface area contributed by atoms with Crippen molar-refractivity contribution in [2.45, 2.75) is 32.4 Å². The van der Waals surface area contributed by atoms with E-state index < -0.39 is 15.9 Å². The van der Waals surface area contributed by atoms with E-state index in [0.717, 1.165) is 12.0 Å². The molecule has 0 aliphatic carbocycles. The molecule has 1 aromatic carbocycles. The van der Waals surface area contributed by atoms with E-state index in [-0.39, 0.29) is 17.2 Å². The van der Waals surface area contributed by atoms with E-state index in [1.54, 1.807) is 19.1 Å². The number of nitrogens with zero attached hydrogens (tertiary/aromatic N) is 1. The Morgan fingerprint density at radius 3 is 2.41 bits per heavy atom. The maximum Gasteiger partial charge on any atom is 0.286 e. The zero-order valence-electron chi connectivity index (χ0n) is 12.7. The minimum atomic E-state index is -3.79. The minimum absolute atomic E-state index is 0.0290. The van der Waals surface area contributed by atoms with Crippen molar-refractivity contribution in [3.05, 3.63) is 53.2 Å². The number of rotatable bonds is 5. The van der Waals surface area contributed by atoms with Crippen molar-refractivity contribution < 1.29 is 17.6 Å². The molecule has 0 spiro atoms. The lowest BCUT2D eigenvalue weighted by molar-refractivity contribution is 0.0975. The van der Waals surface area contributed by atoms with Gasteiger partial charge < -0.3 is 4.42 Å². The molecule has 22 heavy (non-hydrogen) atoms. The molecule has 0 atom stereocenters. The molecule has 6 nitrogen and oxygen atoms in total. The molecule has 0 bridgehead atoms. The van der Waals surface area contributed by atoms with Gasteiger partial charge in [0.2, 0.25) is 10.0 Å². The lowest BCUT2D eigenvalue weighted by Crippen LogP contribution is -2.32. The Morgan fingerprint density at radius 1 is 1.27 bits per heavy atom. The first-order valence-corrected chi connectivity index (χ1v) is 8.47. The Bertz CT molecular complexity index is 761. The topological polar surface area (TPSA) is 89.3 Å². The van der Waals surface area contributed by atoms with Gasteiger partial charge in [-0.05, 0) is 24.0 Å². The van der Waals surface area contributed by atoms with Gasteiger partial charge >= 0.3 is 0 Å². The predicted molar refractivity (Wildman–Crippen MR) is 81.9 cm³/mol. The number of carbonyl (C=O) groups is 1. The van der Waals surface area contributed by atoms with Crippen LogP contribution in [0.2, 0.25) is 0 Å². The number of amides is 1. The van der Waals surface area contributed by atoms with E-state index in [0.29, 0.717) is 11.5 Å². The van der Waals surface area contributed by atoms with Crippen LogP contribution in [-0.4, -0.2) is 19.3 Å². The Labute approximate surface area is 129 Å². The Balaban J connectivity index is 2.08. The largest absolute Gasteiger partial charge is 0.448 e. The standard InChI is InChI=1S/C15H18N2O4S/c1-10(2)13-6-4-12(5-7-13)8-22(19,20)17-15(18)14-11(3)21-9-16-14/h4-7,9-10H,8H2,1-3H3,(H,17,18). The van der Waals surface area contributed by atoms with E-state index >= 15 is 0 Å². The number of aromatic nitrogens is 1. The van der Waals surface area contributed by atoms with E-state index in [9.17, 15) is 13.2 Å². The summed E-state index contributed by atoms with van der Waals surface area (Å²) in [7, 11) is -3.79. The second-order valence-corrected chi connectivity index (χ2v) is 7.07. The van der Waals surface area contributed by atoms with Crippen LogP contribution >= 0.6 is 0 Å². The van der Waals surface area contributed by atoms with E-state index in [2.05, 4.69) is 18.8 Å². The summed E-state index contributed by atoms with van der Waals surface area (Å²) in [5, 5.41) is 0. The van der Waals surface area contributed by atoms with Gasteiger partial charge in [0.25, 0.3) is 5.91 Å². The second-order valence-electron chi connectivity index (χ2n) is 5.34. The highest BCUT2D eigenvalue weighted by molar-refractivity contribution is 7.89. The fraction of sp³-hybridized carbons (Fsp3) is 0.333. The van der Waals surface area contributed by atoms with Crippen LogP contribution in [0.3, 0.4) is 0 Å². The lowest BCUT2D eigenvalue weighted by atomic mass is 10.0. The molecule has 1 amide bonds. The number of oxazole rings is 1. The normalized spacial score (nSPS) is 11.6. The van der Waals surface area contributed by atoms with Crippen molar-refractivity contribution in [3.8, 4) is 0 Å². The van der Waals surface area contributed by atoms with Gasteiger partial charge in [-0.25, -0.2) is 18.1 Å².